The molecule has 15 heavy (non-hydrogen) atoms. The van der Waals surface area contributed by atoms with Gasteiger partial charge in [-0.3, -0.25) is 4.79 Å². The highest BCUT2D eigenvalue weighted by Gasteiger charge is 2.26. The molecule has 0 aromatic carbocycles. The van der Waals surface area contributed by atoms with Crippen molar-refractivity contribution in [2.75, 3.05) is 13.2 Å². The molecule has 0 bridgehead atoms. The zero-order valence-electron chi connectivity index (χ0n) is 7.80. The van der Waals surface area contributed by atoms with Crippen LogP contribution in [-0.2, 0) is 19.0 Å². The van der Waals surface area contributed by atoms with Crippen molar-refractivity contribution in [1.82, 2.24) is 0 Å². The van der Waals surface area contributed by atoms with Crippen LogP contribution in [0.15, 0.2) is 0 Å². The second-order valence-electron chi connectivity index (χ2n) is 2.20. The van der Waals surface area contributed by atoms with Gasteiger partial charge in [0.2, 0.25) is 0 Å². The van der Waals surface area contributed by atoms with E-state index >= 15 is 0 Å². The summed E-state index contributed by atoms with van der Waals surface area (Å²) in [5.41, 5.74) is 0. The zero-order valence-corrected chi connectivity index (χ0v) is 10.1. The molecule has 0 saturated carbocycles. The van der Waals surface area contributed by atoms with Crippen molar-refractivity contribution >= 4 is 46.9 Å². The molecule has 0 spiro atoms. The molecule has 0 heterocycles. The Hall–Kier alpha value is -0.390. The number of carbonyl (C=O) groups is 2. The summed E-state index contributed by atoms with van der Waals surface area (Å²) in [6, 6.07) is 0. The first-order valence-corrected chi connectivity index (χ1v) is 5.06. The maximum atomic E-state index is 10.8. The summed E-state index contributed by atoms with van der Waals surface area (Å²) >= 11 is 15.4. The molecule has 0 aliphatic rings. The number of halogens is 3. The third kappa shape index (κ3) is 9.90. The highest BCUT2D eigenvalue weighted by molar-refractivity contribution is 6.66. The summed E-state index contributed by atoms with van der Waals surface area (Å²) in [4.78, 5) is 21.5. The van der Waals surface area contributed by atoms with Crippen LogP contribution in [0.1, 0.15) is 13.3 Å². The normalized spacial score (nSPS) is 10.7. The molecule has 0 N–H and O–H groups in total. The second-order valence-corrected chi connectivity index (χ2v) is 4.38. The molecule has 0 fully saturated rings. The Labute approximate surface area is 102 Å². The van der Waals surface area contributed by atoms with Gasteiger partial charge in [-0.05, 0) is 41.7 Å². The Bertz CT molecular complexity index is 225. The van der Waals surface area contributed by atoms with Crippen molar-refractivity contribution in [3.8, 4) is 0 Å². The molecule has 8 heteroatoms. The fourth-order valence-electron chi connectivity index (χ4n) is 0.575. The van der Waals surface area contributed by atoms with E-state index in [4.69, 9.17) is 34.8 Å². The number of carbonyl (C=O) groups excluding carboxylic acids is 2. The van der Waals surface area contributed by atoms with Gasteiger partial charge in [-0.2, -0.15) is 0 Å². The summed E-state index contributed by atoms with van der Waals surface area (Å²) < 4.78 is 11.0. The number of alkyl halides is 3. The number of hydrogen-bond donors (Lipinski definition) is 0. The molecule has 0 aromatic heterocycles. The predicted octanol–water partition coefficient (Wildman–Crippen LogP) is 2.42. The van der Waals surface area contributed by atoms with Gasteiger partial charge in [0.05, 0.1) is 13.0 Å². The van der Waals surface area contributed by atoms with Crippen molar-refractivity contribution in [2.45, 2.75) is 17.3 Å². The Kier molecular flexibility index (Phi) is 6.80. The molecule has 0 amide bonds. The van der Waals surface area contributed by atoms with Crippen LogP contribution in [0.25, 0.3) is 0 Å². The molecule has 0 unspecified atom stereocenters. The molecule has 5 nitrogen and oxygen atoms in total. The molecular formula is C7H9Cl3O5. The molecular weight excluding hydrogens is 270 g/mol. The fraction of sp³-hybridized carbons (Fsp3) is 0.714. The molecule has 0 aliphatic heterocycles. The topological polar surface area (TPSA) is 61.8 Å². The lowest BCUT2D eigenvalue weighted by molar-refractivity contribution is -0.143. The second kappa shape index (κ2) is 6.98. The van der Waals surface area contributed by atoms with E-state index in [1.807, 2.05) is 0 Å². The van der Waals surface area contributed by atoms with Gasteiger partial charge in [0.15, 0.2) is 0 Å². The minimum absolute atomic E-state index is 0.0806. The lowest BCUT2D eigenvalue weighted by Crippen LogP contribution is -2.18. The van der Waals surface area contributed by atoms with Crippen molar-refractivity contribution in [2.24, 2.45) is 0 Å². The van der Waals surface area contributed by atoms with Crippen molar-refractivity contribution < 1.29 is 23.8 Å². The van der Waals surface area contributed by atoms with E-state index in [0.29, 0.717) is 0 Å². The van der Waals surface area contributed by atoms with Crippen LogP contribution in [0.2, 0.25) is 0 Å². The lowest BCUT2D eigenvalue weighted by atomic mass is 10.5. The SMILES string of the molecule is CCOC(=O)CCOC(=O)OC(Cl)(Cl)Cl. The molecule has 0 saturated heterocycles. The van der Waals surface area contributed by atoms with Gasteiger partial charge < -0.3 is 14.2 Å². The van der Waals surface area contributed by atoms with Crippen molar-refractivity contribution in [3.05, 3.63) is 0 Å². The average Bonchev–Trinajstić information content (AvgIpc) is 2.00. The molecule has 0 aliphatic carbocycles. The highest BCUT2D eigenvalue weighted by atomic mass is 35.6. The minimum Gasteiger partial charge on any atom is -0.466 e. The van der Waals surface area contributed by atoms with Crippen LogP contribution in [0.3, 0.4) is 0 Å². The molecule has 0 rings (SSSR count). The van der Waals surface area contributed by atoms with Gasteiger partial charge in [-0.25, -0.2) is 4.79 Å². The number of ether oxygens (including phenoxy) is 3. The third-order valence-corrected chi connectivity index (χ3v) is 1.26. The van der Waals surface area contributed by atoms with E-state index in [2.05, 4.69) is 14.2 Å². The van der Waals surface area contributed by atoms with Gasteiger partial charge >= 0.3 is 16.1 Å². The monoisotopic (exact) mass is 278 g/mol. The maximum Gasteiger partial charge on any atom is 0.511 e. The Morgan fingerprint density at radius 2 is 1.80 bits per heavy atom. The van der Waals surface area contributed by atoms with E-state index < -0.39 is 16.1 Å². The van der Waals surface area contributed by atoms with Crippen LogP contribution in [-0.4, -0.2) is 29.3 Å². The van der Waals surface area contributed by atoms with E-state index in [-0.39, 0.29) is 19.6 Å². The van der Waals surface area contributed by atoms with Crippen LogP contribution >= 0.6 is 34.8 Å². The molecule has 0 atom stereocenters. The minimum atomic E-state index is -2.17. The quantitative estimate of drug-likeness (QED) is 0.584. The van der Waals surface area contributed by atoms with Crippen LogP contribution in [0.5, 0.6) is 0 Å². The van der Waals surface area contributed by atoms with Gasteiger partial charge in [0, 0.05) is 0 Å². The van der Waals surface area contributed by atoms with Crippen molar-refractivity contribution in [3.63, 3.8) is 0 Å². The van der Waals surface area contributed by atoms with Gasteiger partial charge in [0.25, 0.3) is 0 Å². The van der Waals surface area contributed by atoms with Crippen molar-refractivity contribution in [1.29, 1.82) is 0 Å². The summed E-state index contributed by atoms with van der Waals surface area (Å²) in [6.07, 6.45) is -1.25. The first kappa shape index (κ1) is 14.6. The first-order valence-electron chi connectivity index (χ1n) is 3.93. The van der Waals surface area contributed by atoms with E-state index in [1.54, 1.807) is 6.92 Å². The standard InChI is InChI=1S/C7H9Cl3O5/c1-2-13-5(11)3-4-14-6(12)15-7(8,9)10/h2-4H2,1H3. The van der Waals surface area contributed by atoms with E-state index in [9.17, 15) is 9.59 Å². The molecule has 88 valence electrons. The largest absolute Gasteiger partial charge is 0.511 e. The van der Waals surface area contributed by atoms with E-state index in [1.165, 1.54) is 0 Å². The zero-order chi connectivity index (χ0) is 11.9. The summed E-state index contributed by atoms with van der Waals surface area (Å²) in [5.74, 6) is -0.487. The number of hydrogen-bond acceptors (Lipinski definition) is 5. The van der Waals surface area contributed by atoms with Gasteiger partial charge in [0.1, 0.15) is 6.61 Å². The summed E-state index contributed by atoms with van der Waals surface area (Å²) in [6.45, 7) is 1.73. The van der Waals surface area contributed by atoms with Gasteiger partial charge in [-0.15, -0.1) is 0 Å². The third-order valence-electron chi connectivity index (χ3n) is 1.03. The van der Waals surface area contributed by atoms with Crippen LogP contribution in [0.4, 0.5) is 4.79 Å². The predicted molar refractivity (Wildman–Crippen MR) is 54.0 cm³/mol. The maximum absolute atomic E-state index is 10.8. The molecule has 0 aromatic rings. The summed E-state index contributed by atoms with van der Waals surface area (Å²) in [7, 11) is 0. The Morgan fingerprint density at radius 1 is 1.20 bits per heavy atom. The van der Waals surface area contributed by atoms with Crippen LogP contribution < -0.4 is 0 Å². The number of rotatable bonds is 4. The van der Waals surface area contributed by atoms with Crippen LogP contribution in [0, 0.1) is 0 Å². The highest BCUT2D eigenvalue weighted by Crippen LogP contribution is 2.27. The first-order chi connectivity index (χ1) is 6.85. The number of esters is 1. The lowest BCUT2D eigenvalue weighted by Gasteiger charge is -2.11. The van der Waals surface area contributed by atoms with E-state index in [0.717, 1.165) is 0 Å². The smallest absolute Gasteiger partial charge is 0.466 e. The average molecular weight is 280 g/mol. The Morgan fingerprint density at radius 3 is 2.27 bits per heavy atom. The molecule has 0 radical (unpaired) electrons. The Balaban J connectivity index is 3.60. The van der Waals surface area contributed by atoms with Gasteiger partial charge in [-0.1, -0.05) is 0 Å². The fourth-order valence-corrected chi connectivity index (χ4v) is 0.764. The summed E-state index contributed by atoms with van der Waals surface area (Å²) in [5, 5.41) is 0.